The third-order valence-electron chi connectivity index (χ3n) is 6.41. The second-order valence-electron chi connectivity index (χ2n) is 8.51. The first-order valence-electron chi connectivity index (χ1n) is 11.1. The molecule has 2 aromatic carbocycles. The van der Waals surface area contributed by atoms with E-state index in [-0.39, 0.29) is 17.5 Å². The number of hydrogen-bond donors (Lipinski definition) is 2. The molecule has 1 aliphatic rings. The largest absolute Gasteiger partial charge is 0.504 e. The fourth-order valence-corrected chi connectivity index (χ4v) is 4.92. The highest BCUT2D eigenvalue weighted by Gasteiger charge is 2.30. The SMILES string of the molecule is COc1ccc(CC2c3cc(O)c(OC)cc3CCN2Cc2cn3cc(Cl)ccc3n2)cc1O. The molecular weight excluding hydrogens is 454 g/mol. The zero-order chi connectivity index (χ0) is 23.8. The molecule has 1 aliphatic heterocycles. The lowest BCUT2D eigenvalue weighted by atomic mass is 9.88. The van der Waals surface area contributed by atoms with Gasteiger partial charge in [-0.3, -0.25) is 4.90 Å². The molecule has 0 radical (unpaired) electrons. The van der Waals surface area contributed by atoms with Crippen molar-refractivity contribution < 1.29 is 19.7 Å². The Morgan fingerprint density at radius 2 is 1.79 bits per heavy atom. The molecule has 2 aromatic heterocycles. The molecule has 34 heavy (non-hydrogen) atoms. The summed E-state index contributed by atoms with van der Waals surface area (Å²) >= 11 is 6.14. The van der Waals surface area contributed by atoms with E-state index in [1.807, 2.05) is 41.1 Å². The third kappa shape index (κ3) is 4.24. The molecule has 8 heteroatoms. The molecule has 7 nitrogen and oxygen atoms in total. The Hall–Kier alpha value is -3.42. The Balaban J connectivity index is 1.51. The van der Waals surface area contributed by atoms with E-state index in [1.54, 1.807) is 25.3 Å². The Morgan fingerprint density at radius 3 is 2.56 bits per heavy atom. The van der Waals surface area contributed by atoms with Crippen molar-refractivity contribution in [2.45, 2.75) is 25.4 Å². The van der Waals surface area contributed by atoms with E-state index in [9.17, 15) is 10.2 Å². The number of phenolic OH excluding ortho intramolecular Hbond substituents is 2. The number of pyridine rings is 1. The minimum atomic E-state index is -0.0262. The van der Waals surface area contributed by atoms with Crippen molar-refractivity contribution in [3.8, 4) is 23.0 Å². The molecule has 4 aromatic rings. The van der Waals surface area contributed by atoms with E-state index in [0.717, 1.165) is 41.0 Å². The smallest absolute Gasteiger partial charge is 0.160 e. The molecule has 5 rings (SSSR count). The summed E-state index contributed by atoms with van der Waals surface area (Å²) in [4.78, 5) is 7.12. The topological polar surface area (TPSA) is 79.5 Å². The molecule has 0 amide bonds. The predicted molar refractivity (Wildman–Crippen MR) is 130 cm³/mol. The molecule has 1 atom stereocenters. The van der Waals surface area contributed by atoms with Gasteiger partial charge in [0.2, 0.25) is 0 Å². The highest BCUT2D eigenvalue weighted by molar-refractivity contribution is 6.30. The summed E-state index contributed by atoms with van der Waals surface area (Å²) in [6, 6.07) is 12.9. The van der Waals surface area contributed by atoms with E-state index in [0.29, 0.717) is 29.5 Å². The summed E-state index contributed by atoms with van der Waals surface area (Å²) in [5.41, 5.74) is 4.95. The van der Waals surface area contributed by atoms with Crippen LogP contribution in [0.25, 0.3) is 5.65 Å². The number of ether oxygens (including phenoxy) is 2. The first kappa shape index (κ1) is 22.4. The van der Waals surface area contributed by atoms with Crippen LogP contribution in [0.4, 0.5) is 0 Å². The summed E-state index contributed by atoms with van der Waals surface area (Å²) in [5, 5.41) is 21.5. The Labute approximate surface area is 202 Å². The van der Waals surface area contributed by atoms with Crippen LogP contribution in [0, 0.1) is 0 Å². The molecule has 0 saturated carbocycles. The number of fused-ring (bicyclic) bond motifs is 2. The molecule has 0 spiro atoms. The van der Waals surface area contributed by atoms with Gasteiger partial charge in [-0.15, -0.1) is 0 Å². The molecule has 2 N–H and O–H groups in total. The van der Waals surface area contributed by atoms with Gasteiger partial charge in [-0.25, -0.2) is 4.98 Å². The molecule has 3 heterocycles. The highest BCUT2D eigenvalue weighted by atomic mass is 35.5. The fraction of sp³-hybridized carbons (Fsp3) is 0.269. The summed E-state index contributed by atoms with van der Waals surface area (Å²) in [6.45, 7) is 1.46. The van der Waals surface area contributed by atoms with Gasteiger partial charge in [-0.1, -0.05) is 17.7 Å². The molecule has 1 unspecified atom stereocenters. The Kier molecular flexibility index (Phi) is 5.98. The molecule has 0 saturated heterocycles. The first-order chi connectivity index (χ1) is 16.4. The molecule has 176 valence electrons. The second-order valence-corrected chi connectivity index (χ2v) is 8.95. The number of phenols is 2. The predicted octanol–water partition coefficient (Wildman–Crippen LogP) is 4.76. The Morgan fingerprint density at radius 1 is 1.00 bits per heavy atom. The Bertz CT molecular complexity index is 1350. The lowest BCUT2D eigenvalue weighted by molar-refractivity contribution is 0.172. The van der Waals surface area contributed by atoms with Gasteiger partial charge in [0.25, 0.3) is 0 Å². The van der Waals surface area contributed by atoms with Gasteiger partial charge in [0.15, 0.2) is 23.0 Å². The van der Waals surface area contributed by atoms with Crippen molar-refractivity contribution in [1.82, 2.24) is 14.3 Å². The van der Waals surface area contributed by atoms with Gasteiger partial charge in [0, 0.05) is 31.5 Å². The summed E-state index contributed by atoms with van der Waals surface area (Å²) in [5.74, 6) is 1.14. The zero-order valence-corrected chi connectivity index (χ0v) is 19.8. The third-order valence-corrected chi connectivity index (χ3v) is 6.63. The number of halogens is 1. The monoisotopic (exact) mass is 479 g/mol. The van der Waals surface area contributed by atoms with E-state index in [4.69, 9.17) is 26.1 Å². The zero-order valence-electron chi connectivity index (χ0n) is 19.0. The van der Waals surface area contributed by atoms with E-state index in [1.165, 1.54) is 7.11 Å². The number of hydrogen-bond acceptors (Lipinski definition) is 6. The number of methoxy groups -OCH3 is 2. The number of benzene rings is 2. The van der Waals surface area contributed by atoms with Crippen LogP contribution >= 0.6 is 11.6 Å². The number of imidazole rings is 1. The summed E-state index contributed by atoms with van der Waals surface area (Å²) < 4.78 is 12.5. The van der Waals surface area contributed by atoms with Crippen molar-refractivity contribution in [3.05, 3.63) is 82.3 Å². The van der Waals surface area contributed by atoms with Crippen LogP contribution < -0.4 is 9.47 Å². The molecular formula is C26H26ClN3O4. The van der Waals surface area contributed by atoms with Crippen LogP contribution in [-0.2, 0) is 19.4 Å². The summed E-state index contributed by atoms with van der Waals surface area (Å²) in [7, 11) is 3.09. The van der Waals surface area contributed by atoms with Gasteiger partial charge in [0.05, 0.1) is 24.9 Å². The van der Waals surface area contributed by atoms with Gasteiger partial charge < -0.3 is 24.1 Å². The number of nitrogens with zero attached hydrogens (tertiary/aromatic N) is 3. The van der Waals surface area contributed by atoms with E-state index in [2.05, 4.69) is 4.90 Å². The van der Waals surface area contributed by atoms with Gasteiger partial charge in [0.1, 0.15) is 5.65 Å². The quantitative estimate of drug-likeness (QED) is 0.415. The molecule has 0 fully saturated rings. The van der Waals surface area contributed by atoms with Crippen LogP contribution in [0.1, 0.15) is 28.4 Å². The van der Waals surface area contributed by atoms with Crippen LogP contribution in [0.2, 0.25) is 5.02 Å². The highest BCUT2D eigenvalue weighted by Crippen LogP contribution is 2.40. The molecule has 0 aliphatic carbocycles. The van der Waals surface area contributed by atoms with E-state index < -0.39 is 0 Å². The fourth-order valence-electron chi connectivity index (χ4n) is 4.75. The average molecular weight is 480 g/mol. The lowest BCUT2D eigenvalue weighted by Crippen LogP contribution is -2.36. The maximum atomic E-state index is 10.5. The van der Waals surface area contributed by atoms with Crippen molar-refractivity contribution in [1.29, 1.82) is 0 Å². The van der Waals surface area contributed by atoms with Crippen LogP contribution in [0.15, 0.2) is 54.9 Å². The van der Waals surface area contributed by atoms with Crippen molar-refractivity contribution in [2.75, 3.05) is 20.8 Å². The van der Waals surface area contributed by atoms with Crippen molar-refractivity contribution in [2.24, 2.45) is 0 Å². The lowest BCUT2D eigenvalue weighted by Gasteiger charge is -2.37. The normalized spacial score (nSPS) is 15.9. The first-order valence-corrected chi connectivity index (χ1v) is 11.5. The number of rotatable bonds is 6. The average Bonchev–Trinajstić information content (AvgIpc) is 3.22. The summed E-state index contributed by atoms with van der Waals surface area (Å²) in [6.07, 6.45) is 5.32. The van der Waals surface area contributed by atoms with Gasteiger partial charge >= 0.3 is 0 Å². The standard InChI is InChI=1S/C26H26ClN3O4/c1-33-24-5-3-16(10-22(24)31)9-21-20-12-23(32)25(34-2)11-17(20)7-8-29(21)14-19-15-30-13-18(27)4-6-26(30)28-19/h3-6,10-13,15,21,31-32H,7-9,14H2,1-2H3. The van der Waals surface area contributed by atoms with Gasteiger partial charge in [-0.05, 0) is 65.9 Å². The maximum Gasteiger partial charge on any atom is 0.160 e. The van der Waals surface area contributed by atoms with E-state index >= 15 is 0 Å². The van der Waals surface area contributed by atoms with Crippen molar-refractivity contribution in [3.63, 3.8) is 0 Å². The van der Waals surface area contributed by atoms with Crippen molar-refractivity contribution >= 4 is 17.2 Å². The molecule has 0 bridgehead atoms. The minimum absolute atomic E-state index is 0.0262. The minimum Gasteiger partial charge on any atom is -0.504 e. The number of aromatic nitrogens is 2. The number of aromatic hydroxyl groups is 2. The van der Waals surface area contributed by atoms with Crippen LogP contribution in [-0.4, -0.2) is 45.3 Å². The van der Waals surface area contributed by atoms with Crippen LogP contribution in [0.3, 0.4) is 0 Å². The van der Waals surface area contributed by atoms with Gasteiger partial charge in [-0.2, -0.15) is 0 Å². The maximum absolute atomic E-state index is 10.5. The van der Waals surface area contributed by atoms with Crippen LogP contribution in [0.5, 0.6) is 23.0 Å². The second kappa shape index (κ2) is 9.08.